The Morgan fingerprint density at radius 3 is 1.70 bits per heavy atom. The first kappa shape index (κ1) is 41.2. The lowest BCUT2D eigenvalue weighted by Crippen LogP contribution is -2.34. The Bertz CT molecular complexity index is 2230. The van der Waals surface area contributed by atoms with Gasteiger partial charge in [-0.1, -0.05) is 60.1 Å². The second kappa shape index (κ2) is 18.1. The van der Waals surface area contributed by atoms with Gasteiger partial charge in [-0.05, 0) is 106 Å². The molecule has 0 aliphatic heterocycles. The van der Waals surface area contributed by atoms with Crippen molar-refractivity contribution >= 4 is 62.9 Å². The Morgan fingerprint density at radius 1 is 0.589 bits per heavy atom. The Balaban J connectivity index is 1.24. The highest BCUT2D eigenvalue weighted by molar-refractivity contribution is 6.31. The molecule has 3 amide bonds. The number of nitrogens with one attached hydrogen (secondary N) is 3. The number of carbonyl (C=O) groups is 4. The number of fused-ring (bicyclic) bond motifs is 2. The summed E-state index contributed by atoms with van der Waals surface area (Å²) in [5.41, 5.74) is -0.646. The fourth-order valence-electron chi connectivity index (χ4n) is 5.45. The van der Waals surface area contributed by atoms with Gasteiger partial charge in [-0.15, -0.1) is 0 Å². The summed E-state index contributed by atoms with van der Waals surface area (Å²) in [5, 5.41) is 12.1. The molecule has 0 saturated carbocycles. The van der Waals surface area contributed by atoms with Crippen LogP contribution in [0.5, 0.6) is 17.2 Å². The number of anilines is 1. The molecule has 0 fully saturated rings. The molecule has 0 aromatic heterocycles. The zero-order valence-corrected chi connectivity index (χ0v) is 33.0. The van der Waals surface area contributed by atoms with Crippen molar-refractivity contribution in [2.45, 2.75) is 59.2 Å². The number of hydrogen-bond acceptors (Lipinski definition) is 9. The summed E-state index contributed by atoms with van der Waals surface area (Å²) < 4.78 is 28.1. The predicted octanol–water partition coefficient (Wildman–Crippen LogP) is 9.31. The molecule has 5 aromatic rings. The van der Waals surface area contributed by atoms with Crippen LogP contribution in [0.25, 0.3) is 21.5 Å². The van der Waals surface area contributed by atoms with Gasteiger partial charge in [0.15, 0.2) is 5.75 Å². The lowest BCUT2D eigenvalue weighted by atomic mass is 10.0. The number of ether oxygens (including phenoxy) is 5. The van der Waals surface area contributed by atoms with E-state index in [-0.39, 0.29) is 49.2 Å². The quantitative estimate of drug-likeness (QED) is 0.0603. The molecule has 0 spiro atoms. The van der Waals surface area contributed by atoms with E-state index < -0.39 is 29.4 Å². The summed E-state index contributed by atoms with van der Waals surface area (Å²) in [7, 11) is 0. The third-order valence-corrected chi connectivity index (χ3v) is 8.09. The maximum Gasteiger partial charge on any atom is 0.514 e. The van der Waals surface area contributed by atoms with Crippen molar-refractivity contribution in [1.29, 1.82) is 0 Å². The van der Waals surface area contributed by atoms with Gasteiger partial charge in [-0.25, -0.2) is 9.59 Å². The minimum Gasteiger partial charge on any atom is -0.493 e. The van der Waals surface area contributed by atoms with Crippen molar-refractivity contribution < 1.29 is 42.9 Å². The predicted molar refractivity (Wildman–Crippen MR) is 216 cm³/mol. The van der Waals surface area contributed by atoms with Gasteiger partial charge in [0.1, 0.15) is 29.3 Å². The SMILES string of the molecule is CC(C)(C)OC(=O)NCCOc1cc2ccccc2cc1C(=O)NCCCOc1cc2ccccc2cc1C(=O)Nc1ccc(Cl)cc1OC(=O)OC(C)(C)C. The van der Waals surface area contributed by atoms with Gasteiger partial charge in [0, 0.05) is 17.6 Å². The summed E-state index contributed by atoms with van der Waals surface area (Å²) >= 11 is 6.18. The molecular formula is C43H46ClN3O9. The second-order valence-electron chi connectivity index (χ2n) is 14.8. The van der Waals surface area contributed by atoms with E-state index in [9.17, 15) is 19.2 Å². The van der Waals surface area contributed by atoms with Crippen molar-refractivity contribution in [3.63, 3.8) is 0 Å². The number of hydrogen-bond donors (Lipinski definition) is 3. The van der Waals surface area contributed by atoms with Crippen LogP contribution in [0.15, 0.2) is 91.0 Å². The molecule has 0 radical (unpaired) electrons. The molecule has 0 bridgehead atoms. The smallest absolute Gasteiger partial charge is 0.493 e. The molecule has 3 N–H and O–H groups in total. The van der Waals surface area contributed by atoms with Gasteiger partial charge in [0.25, 0.3) is 11.8 Å². The number of alkyl carbamates (subject to hydrolysis) is 1. The van der Waals surface area contributed by atoms with Gasteiger partial charge < -0.3 is 39.6 Å². The molecule has 0 saturated heterocycles. The van der Waals surface area contributed by atoms with E-state index in [0.29, 0.717) is 28.5 Å². The van der Waals surface area contributed by atoms with Gasteiger partial charge in [0.2, 0.25) is 0 Å². The minimum atomic E-state index is -0.950. The summed E-state index contributed by atoms with van der Waals surface area (Å²) in [6.45, 7) is 11.2. The molecule has 0 unspecified atom stereocenters. The Hall–Kier alpha value is -6.01. The molecule has 13 heteroatoms. The zero-order chi connectivity index (χ0) is 40.5. The van der Waals surface area contributed by atoms with Crippen LogP contribution in [0.4, 0.5) is 15.3 Å². The molecule has 12 nitrogen and oxygen atoms in total. The largest absolute Gasteiger partial charge is 0.514 e. The van der Waals surface area contributed by atoms with Crippen LogP contribution in [-0.4, -0.2) is 61.6 Å². The Labute approximate surface area is 330 Å². The number of halogens is 1. The molecule has 56 heavy (non-hydrogen) atoms. The first-order valence-electron chi connectivity index (χ1n) is 18.1. The molecule has 5 rings (SSSR count). The van der Waals surface area contributed by atoms with Crippen LogP contribution in [0.3, 0.4) is 0 Å². The molecule has 0 atom stereocenters. The second-order valence-corrected chi connectivity index (χ2v) is 15.2. The maximum atomic E-state index is 13.8. The van der Waals surface area contributed by atoms with Crippen LogP contribution >= 0.6 is 11.6 Å². The molecule has 0 aliphatic carbocycles. The van der Waals surface area contributed by atoms with E-state index in [1.165, 1.54) is 12.1 Å². The number of amides is 3. The van der Waals surface area contributed by atoms with E-state index in [0.717, 1.165) is 21.5 Å². The van der Waals surface area contributed by atoms with Crippen LogP contribution < -0.4 is 30.2 Å². The van der Waals surface area contributed by atoms with E-state index in [2.05, 4.69) is 16.0 Å². The molecule has 294 valence electrons. The molecule has 0 heterocycles. The van der Waals surface area contributed by atoms with E-state index in [1.807, 2.05) is 48.5 Å². The third kappa shape index (κ3) is 12.0. The molecule has 5 aromatic carbocycles. The minimum absolute atomic E-state index is 0.0107. The highest BCUT2D eigenvalue weighted by atomic mass is 35.5. The van der Waals surface area contributed by atoms with Crippen LogP contribution in [0, 0.1) is 0 Å². The first-order valence-corrected chi connectivity index (χ1v) is 18.5. The van der Waals surface area contributed by atoms with Crippen LogP contribution in [0.2, 0.25) is 5.02 Å². The highest BCUT2D eigenvalue weighted by Gasteiger charge is 2.22. The Kier molecular flexibility index (Phi) is 13.3. The van der Waals surface area contributed by atoms with Crippen molar-refractivity contribution in [3.05, 3.63) is 107 Å². The Morgan fingerprint density at radius 2 is 1.12 bits per heavy atom. The number of rotatable bonds is 13. The van der Waals surface area contributed by atoms with E-state index in [1.54, 1.807) is 71.9 Å². The lowest BCUT2D eigenvalue weighted by Gasteiger charge is -2.20. The third-order valence-electron chi connectivity index (χ3n) is 7.85. The van der Waals surface area contributed by atoms with Crippen molar-refractivity contribution in [2.24, 2.45) is 0 Å². The van der Waals surface area contributed by atoms with Crippen molar-refractivity contribution in [3.8, 4) is 17.2 Å². The van der Waals surface area contributed by atoms with Crippen LogP contribution in [0.1, 0.15) is 68.7 Å². The van der Waals surface area contributed by atoms with Gasteiger partial charge >= 0.3 is 12.2 Å². The summed E-state index contributed by atoms with van der Waals surface area (Å²) in [4.78, 5) is 51.7. The van der Waals surface area contributed by atoms with Gasteiger partial charge in [-0.2, -0.15) is 0 Å². The summed E-state index contributed by atoms with van der Waals surface area (Å²) in [6.07, 6.45) is -1.10. The monoisotopic (exact) mass is 783 g/mol. The van der Waals surface area contributed by atoms with E-state index in [4.69, 9.17) is 35.3 Å². The first-order chi connectivity index (χ1) is 26.5. The summed E-state index contributed by atoms with van der Waals surface area (Å²) in [6, 6.07) is 26.7. The average molecular weight is 784 g/mol. The van der Waals surface area contributed by atoms with Gasteiger partial charge in [-0.3, -0.25) is 9.59 Å². The maximum absolute atomic E-state index is 13.8. The van der Waals surface area contributed by atoms with E-state index >= 15 is 0 Å². The topological polar surface area (TPSA) is 151 Å². The van der Waals surface area contributed by atoms with Gasteiger partial charge in [0.05, 0.1) is 30.0 Å². The summed E-state index contributed by atoms with van der Waals surface area (Å²) in [5.74, 6) is -0.155. The molecule has 0 aliphatic rings. The average Bonchev–Trinajstić information content (AvgIpc) is 3.12. The lowest BCUT2D eigenvalue weighted by molar-refractivity contribution is 0.0206. The number of carbonyl (C=O) groups excluding carboxylic acids is 4. The fraction of sp³-hybridized carbons (Fsp3) is 0.302. The zero-order valence-electron chi connectivity index (χ0n) is 32.2. The number of benzene rings is 5. The standard InChI is InChI=1S/C43H46ClN3O9/c1-42(2,3)55-40(50)46-19-21-53-35-24-29-14-9-7-12-27(29)22-32(35)38(48)45-18-11-20-52-36-25-30-15-10-8-13-28(30)23-33(36)39(49)47-34-17-16-31(44)26-37(34)54-41(51)56-43(4,5)6/h7-10,12-17,22-26H,11,18-21H2,1-6H3,(H,45,48)(H,46,50)(H,47,49). The van der Waals surface area contributed by atoms with Crippen molar-refractivity contribution in [2.75, 3.05) is 31.6 Å². The van der Waals surface area contributed by atoms with Crippen molar-refractivity contribution in [1.82, 2.24) is 10.6 Å². The highest BCUT2D eigenvalue weighted by Crippen LogP contribution is 2.32. The van der Waals surface area contributed by atoms with Crippen LogP contribution in [-0.2, 0) is 9.47 Å². The normalized spacial score (nSPS) is 11.4. The molecular weight excluding hydrogens is 738 g/mol. The fourth-order valence-corrected chi connectivity index (χ4v) is 5.61.